The van der Waals surface area contributed by atoms with Crippen LogP contribution >= 0.6 is 35.6 Å². The normalized spacial score (nSPS) is 23.6. The number of hydrogen-bond donors (Lipinski definition) is 3. The van der Waals surface area contributed by atoms with Crippen LogP contribution in [-0.2, 0) is 9.47 Å². The SMILES string of the molecule is CN=C(NCC(c1cccc(Cl)c1)N1CCOCC1)NCC1(CCO)CCOC1.I. The van der Waals surface area contributed by atoms with Crippen molar-refractivity contribution >= 4 is 41.5 Å². The highest BCUT2D eigenvalue weighted by atomic mass is 127. The van der Waals surface area contributed by atoms with Crippen molar-refractivity contribution in [2.24, 2.45) is 10.4 Å². The van der Waals surface area contributed by atoms with E-state index in [0.717, 1.165) is 63.3 Å². The van der Waals surface area contributed by atoms with Crippen LogP contribution in [0, 0.1) is 5.41 Å². The first-order valence-electron chi connectivity index (χ1n) is 10.4. The number of hydrogen-bond acceptors (Lipinski definition) is 5. The Morgan fingerprint density at radius 3 is 2.70 bits per heavy atom. The standard InChI is InChI=1S/C21H33ClN4O3.HI/c1-23-20(25-15-21(5-9-27)6-10-29-16-21)24-14-19(26-7-11-28-12-8-26)17-3-2-4-18(22)13-17;/h2-4,13,19,27H,5-12,14-16H2,1H3,(H2,23,24,25);1H. The molecule has 2 unspecified atom stereocenters. The molecule has 3 rings (SSSR count). The van der Waals surface area contributed by atoms with Crippen LogP contribution in [0.4, 0.5) is 0 Å². The summed E-state index contributed by atoms with van der Waals surface area (Å²) >= 11 is 6.25. The highest BCUT2D eigenvalue weighted by Crippen LogP contribution is 2.31. The van der Waals surface area contributed by atoms with Gasteiger partial charge in [-0.1, -0.05) is 23.7 Å². The molecule has 1 aromatic carbocycles. The molecule has 0 aromatic heterocycles. The summed E-state index contributed by atoms with van der Waals surface area (Å²) in [6.07, 6.45) is 1.69. The molecule has 0 saturated carbocycles. The maximum absolute atomic E-state index is 9.43. The van der Waals surface area contributed by atoms with E-state index in [4.69, 9.17) is 21.1 Å². The van der Waals surface area contributed by atoms with Crippen LogP contribution in [0.5, 0.6) is 0 Å². The number of rotatable bonds is 8. The highest BCUT2D eigenvalue weighted by Gasteiger charge is 2.34. The molecule has 0 amide bonds. The Labute approximate surface area is 201 Å². The summed E-state index contributed by atoms with van der Waals surface area (Å²) in [4.78, 5) is 6.81. The molecule has 0 aliphatic carbocycles. The molecule has 0 bridgehead atoms. The van der Waals surface area contributed by atoms with E-state index in [2.05, 4.69) is 26.6 Å². The lowest BCUT2D eigenvalue weighted by atomic mass is 9.84. The van der Waals surface area contributed by atoms with Crippen LogP contribution in [0.15, 0.2) is 29.3 Å². The summed E-state index contributed by atoms with van der Waals surface area (Å²) in [5, 5.41) is 17.1. The lowest BCUT2D eigenvalue weighted by Crippen LogP contribution is -2.48. The Kier molecular flexibility index (Phi) is 11.1. The van der Waals surface area contributed by atoms with Crippen LogP contribution in [0.3, 0.4) is 0 Å². The van der Waals surface area contributed by atoms with Gasteiger partial charge in [0.1, 0.15) is 0 Å². The minimum absolute atomic E-state index is 0. The molecule has 2 heterocycles. The largest absolute Gasteiger partial charge is 0.396 e. The molecule has 170 valence electrons. The van der Waals surface area contributed by atoms with Gasteiger partial charge < -0.3 is 25.2 Å². The van der Waals surface area contributed by atoms with Crippen molar-refractivity contribution in [3.05, 3.63) is 34.9 Å². The van der Waals surface area contributed by atoms with Gasteiger partial charge in [0, 0.05) is 56.9 Å². The van der Waals surface area contributed by atoms with Crippen LogP contribution in [-0.4, -0.2) is 82.2 Å². The summed E-state index contributed by atoms with van der Waals surface area (Å²) in [6, 6.07) is 8.23. The fourth-order valence-electron chi connectivity index (χ4n) is 4.06. The van der Waals surface area contributed by atoms with Crippen molar-refractivity contribution in [1.82, 2.24) is 15.5 Å². The molecule has 2 fully saturated rings. The number of morpholine rings is 1. The van der Waals surface area contributed by atoms with Crippen LogP contribution < -0.4 is 10.6 Å². The minimum atomic E-state index is -0.0249. The zero-order valence-corrected chi connectivity index (χ0v) is 20.7. The Morgan fingerprint density at radius 1 is 1.27 bits per heavy atom. The predicted molar refractivity (Wildman–Crippen MR) is 131 cm³/mol. The minimum Gasteiger partial charge on any atom is -0.396 e. The zero-order chi connectivity index (χ0) is 20.5. The average Bonchev–Trinajstić information content (AvgIpc) is 3.20. The number of ether oxygens (including phenoxy) is 2. The fourth-order valence-corrected chi connectivity index (χ4v) is 4.26. The summed E-state index contributed by atoms with van der Waals surface area (Å²) in [5.74, 6) is 0.759. The third-order valence-electron chi connectivity index (χ3n) is 5.86. The number of aliphatic hydroxyl groups is 1. The van der Waals surface area contributed by atoms with Crippen molar-refractivity contribution < 1.29 is 14.6 Å². The van der Waals surface area contributed by atoms with Gasteiger partial charge in [-0.2, -0.15) is 0 Å². The lowest BCUT2D eigenvalue weighted by molar-refractivity contribution is 0.0170. The van der Waals surface area contributed by atoms with Gasteiger partial charge in [-0.3, -0.25) is 9.89 Å². The molecule has 2 atom stereocenters. The van der Waals surface area contributed by atoms with E-state index in [1.807, 2.05) is 18.2 Å². The Balaban J connectivity index is 0.00000320. The Hall–Kier alpha value is -0.650. The first-order chi connectivity index (χ1) is 14.2. The molecule has 2 aliphatic rings. The molecule has 0 spiro atoms. The molecule has 9 heteroatoms. The number of nitrogens with zero attached hydrogens (tertiary/aromatic N) is 2. The van der Waals surface area contributed by atoms with Gasteiger partial charge in [-0.25, -0.2) is 0 Å². The first kappa shape index (κ1) is 25.6. The van der Waals surface area contributed by atoms with Crippen molar-refractivity contribution in [2.45, 2.75) is 18.9 Å². The van der Waals surface area contributed by atoms with Crippen molar-refractivity contribution in [1.29, 1.82) is 0 Å². The van der Waals surface area contributed by atoms with Crippen LogP contribution in [0.2, 0.25) is 5.02 Å². The molecular formula is C21H34ClIN4O3. The van der Waals surface area contributed by atoms with Gasteiger partial charge in [-0.05, 0) is 30.5 Å². The summed E-state index contributed by atoms with van der Waals surface area (Å²) < 4.78 is 11.1. The second-order valence-electron chi connectivity index (χ2n) is 7.80. The van der Waals surface area contributed by atoms with Crippen molar-refractivity contribution in [3.63, 3.8) is 0 Å². The van der Waals surface area contributed by atoms with Crippen LogP contribution in [0.1, 0.15) is 24.4 Å². The van der Waals surface area contributed by atoms with Gasteiger partial charge >= 0.3 is 0 Å². The predicted octanol–water partition coefficient (Wildman–Crippen LogP) is 2.29. The quantitative estimate of drug-likeness (QED) is 0.261. The number of halogens is 2. The van der Waals surface area contributed by atoms with Gasteiger partial charge in [0.05, 0.1) is 25.9 Å². The fraction of sp³-hybridized carbons (Fsp3) is 0.667. The summed E-state index contributed by atoms with van der Waals surface area (Å²) in [6.45, 7) is 6.31. The second-order valence-corrected chi connectivity index (χ2v) is 8.24. The third-order valence-corrected chi connectivity index (χ3v) is 6.10. The lowest BCUT2D eigenvalue weighted by Gasteiger charge is -2.35. The second kappa shape index (κ2) is 13.0. The number of benzene rings is 1. The van der Waals surface area contributed by atoms with Crippen LogP contribution in [0.25, 0.3) is 0 Å². The molecule has 3 N–H and O–H groups in total. The highest BCUT2D eigenvalue weighted by molar-refractivity contribution is 14.0. The first-order valence-corrected chi connectivity index (χ1v) is 10.7. The summed E-state index contributed by atoms with van der Waals surface area (Å²) in [7, 11) is 1.78. The summed E-state index contributed by atoms with van der Waals surface area (Å²) in [5.41, 5.74) is 1.16. The molecule has 0 radical (unpaired) electrons. The molecule has 30 heavy (non-hydrogen) atoms. The number of nitrogens with one attached hydrogen (secondary N) is 2. The molecular weight excluding hydrogens is 519 g/mol. The third kappa shape index (κ3) is 7.20. The van der Waals surface area contributed by atoms with Gasteiger partial charge in [-0.15, -0.1) is 24.0 Å². The number of guanidine groups is 1. The molecule has 2 saturated heterocycles. The Morgan fingerprint density at radius 2 is 2.07 bits per heavy atom. The van der Waals surface area contributed by atoms with E-state index in [1.165, 1.54) is 5.56 Å². The number of aliphatic hydroxyl groups excluding tert-OH is 1. The van der Waals surface area contributed by atoms with Gasteiger partial charge in [0.25, 0.3) is 0 Å². The van der Waals surface area contributed by atoms with E-state index >= 15 is 0 Å². The van der Waals surface area contributed by atoms with E-state index in [0.29, 0.717) is 13.2 Å². The zero-order valence-electron chi connectivity index (χ0n) is 17.6. The average molecular weight is 553 g/mol. The topological polar surface area (TPSA) is 78.4 Å². The van der Waals surface area contributed by atoms with Crippen molar-refractivity contribution in [2.75, 3.05) is 66.3 Å². The molecule has 1 aromatic rings. The Bertz CT molecular complexity index is 667. The van der Waals surface area contributed by atoms with Gasteiger partial charge in [0.2, 0.25) is 0 Å². The number of aliphatic imine (C=N–C) groups is 1. The van der Waals surface area contributed by atoms with Crippen molar-refractivity contribution in [3.8, 4) is 0 Å². The van der Waals surface area contributed by atoms with E-state index < -0.39 is 0 Å². The van der Waals surface area contributed by atoms with E-state index in [9.17, 15) is 5.11 Å². The maximum Gasteiger partial charge on any atom is 0.191 e. The smallest absolute Gasteiger partial charge is 0.191 e. The molecule has 7 nitrogen and oxygen atoms in total. The monoisotopic (exact) mass is 552 g/mol. The maximum atomic E-state index is 9.43. The van der Waals surface area contributed by atoms with E-state index in [-0.39, 0.29) is 42.0 Å². The van der Waals surface area contributed by atoms with Gasteiger partial charge in [0.15, 0.2) is 5.96 Å². The van der Waals surface area contributed by atoms with E-state index in [1.54, 1.807) is 7.05 Å². The molecule has 2 aliphatic heterocycles.